The van der Waals surface area contributed by atoms with Crippen molar-refractivity contribution in [2.75, 3.05) is 5.09 Å². The second-order valence-electron chi connectivity index (χ2n) is 6.45. The van der Waals surface area contributed by atoms with Crippen LogP contribution in [0.3, 0.4) is 0 Å². The summed E-state index contributed by atoms with van der Waals surface area (Å²) in [5.41, 5.74) is 2.11. The lowest BCUT2D eigenvalue weighted by Gasteiger charge is -2.24. The molecule has 0 saturated carbocycles. The fraction of sp³-hybridized carbons (Fsp3) is 0. The first kappa shape index (κ1) is 18.7. The van der Waals surface area contributed by atoms with Crippen molar-refractivity contribution >= 4 is 30.2 Å². The van der Waals surface area contributed by atoms with Gasteiger partial charge >= 0.3 is 0 Å². The molecule has 0 saturated heterocycles. The minimum absolute atomic E-state index is 0.0261. The Balaban J connectivity index is 1.73. The van der Waals surface area contributed by atoms with Crippen LogP contribution in [-0.2, 0) is 9.30 Å². The molecule has 0 amide bonds. The maximum absolute atomic E-state index is 13.7. The van der Waals surface area contributed by atoms with Gasteiger partial charge in [-0.2, -0.15) is 0 Å². The van der Waals surface area contributed by atoms with Crippen LogP contribution >= 0.6 is 7.29 Å². The van der Waals surface area contributed by atoms with Crippen molar-refractivity contribution in [2.45, 2.75) is 0 Å². The molecule has 4 rings (SSSR count). The maximum Gasteiger partial charge on any atom is 0.269 e. The van der Waals surface area contributed by atoms with E-state index in [1.807, 2.05) is 60.7 Å². The molecule has 29 heavy (non-hydrogen) atoms. The van der Waals surface area contributed by atoms with E-state index < -0.39 is 12.2 Å². The highest BCUT2D eigenvalue weighted by Crippen LogP contribution is 2.56. The molecule has 1 aliphatic rings. The van der Waals surface area contributed by atoms with Gasteiger partial charge in [0, 0.05) is 40.6 Å². The zero-order chi connectivity index (χ0) is 20.3. The Kier molecular flexibility index (Phi) is 5.02. The average Bonchev–Trinajstić information content (AvgIpc) is 2.75. The molecular formula is C22H17N2O4P. The van der Waals surface area contributed by atoms with Crippen LogP contribution in [-0.4, -0.2) is 4.92 Å². The Morgan fingerprint density at radius 2 is 1.24 bits per heavy atom. The molecular weight excluding hydrogens is 387 g/mol. The van der Waals surface area contributed by atoms with E-state index in [1.54, 1.807) is 23.8 Å². The molecule has 1 heterocycles. The molecule has 0 bridgehead atoms. The van der Waals surface area contributed by atoms with E-state index in [0.29, 0.717) is 17.2 Å². The molecule has 144 valence electrons. The Morgan fingerprint density at radius 1 is 0.759 bits per heavy atom. The Hall–Kier alpha value is -3.63. The number of benzene rings is 3. The third-order valence-corrected chi connectivity index (χ3v) is 6.18. The van der Waals surface area contributed by atoms with E-state index in [9.17, 15) is 14.7 Å². The van der Waals surface area contributed by atoms with Crippen LogP contribution in [0.1, 0.15) is 11.1 Å². The van der Waals surface area contributed by atoms with Crippen LogP contribution in [0.5, 0.6) is 0 Å². The predicted molar refractivity (Wildman–Crippen MR) is 114 cm³/mol. The minimum atomic E-state index is -3.19. The fourth-order valence-electron chi connectivity index (χ4n) is 2.95. The van der Waals surface area contributed by atoms with Gasteiger partial charge in [-0.25, -0.2) is 0 Å². The third kappa shape index (κ3) is 4.28. The molecule has 0 atom stereocenters. The summed E-state index contributed by atoms with van der Waals surface area (Å²) in [6.07, 6.45) is 0. The van der Waals surface area contributed by atoms with E-state index in [4.69, 9.17) is 4.74 Å². The highest BCUT2D eigenvalue weighted by Gasteiger charge is 2.27. The van der Waals surface area contributed by atoms with E-state index in [2.05, 4.69) is 5.09 Å². The first-order valence-corrected chi connectivity index (χ1v) is 10.7. The van der Waals surface area contributed by atoms with Gasteiger partial charge in [0.2, 0.25) is 7.29 Å². The lowest BCUT2D eigenvalue weighted by atomic mass is 10.2. The van der Waals surface area contributed by atoms with Gasteiger partial charge in [-0.3, -0.25) is 14.7 Å². The summed E-state index contributed by atoms with van der Waals surface area (Å²) in [4.78, 5) is 10.4. The summed E-state index contributed by atoms with van der Waals surface area (Å²) < 4.78 is 19.8. The van der Waals surface area contributed by atoms with Crippen molar-refractivity contribution in [3.05, 3.63) is 118 Å². The molecule has 3 aromatic rings. The first-order chi connectivity index (χ1) is 14.0. The molecule has 1 N–H and O–H groups in total. The smallest absolute Gasteiger partial charge is 0.269 e. The quantitative estimate of drug-likeness (QED) is 0.306. The number of anilines is 1. The summed E-state index contributed by atoms with van der Waals surface area (Å²) in [5, 5.41) is 13.9. The lowest BCUT2D eigenvalue weighted by Crippen LogP contribution is -2.03. The average molecular weight is 404 g/mol. The number of non-ortho nitro benzene ring substituents is 1. The number of nitro groups is 1. The zero-order valence-electron chi connectivity index (χ0n) is 15.3. The Labute approximate surface area is 167 Å². The van der Waals surface area contributed by atoms with Crippen molar-refractivity contribution in [3.8, 4) is 0 Å². The molecule has 0 aromatic heterocycles. The number of nitrogens with one attached hydrogen (secondary N) is 1. The van der Waals surface area contributed by atoms with Crippen molar-refractivity contribution in [1.29, 1.82) is 0 Å². The normalized spacial score (nSPS) is 14.9. The van der Waals surface area contributed by atoms with Crippen molar-refractivity contribution in [3.63, 3.8) is 0 Å². The molecule has 0 spiro atoms. The fourth-order valence-corrected chi connectivity index (χ4v) is 4.81. The van der Waals surface area contributed by atoms with Gasteiger partial charge in [0.25, 0.3) is 5.69 Å². The summed E-state index contributed by atoms with van der Waals surface area (Å²) in [5.74, 6) is 4.14. The molecule has 0 fully saturated rings. The van der Waals surface area contributed by atoms with E-state index >= 15 is 0 Å². The van der Waals surface area contributed by atoms with Crippen LogP contribution in [0.4, 0.5) is 11.4 Å². The van der Waals surface area contributed by atoms with Crippen LogP contribution in [0.2, 0.25) is 0 Å². The highest BCUT2D eigenvalue weighted by molar-refractivity contribution is 7.72. The standard InChI is InChI=1S/C22H17N2O4P/c25-24(26)20-13-11-19(12-14-20)23-29(27)15-21(17-7-3-1-4-8-17)28-22(16-29)18-9-5-2-6-10-18/h1-16H,(H,23,27). The van der Waals surface area contributed by atoms with Gasteiger partial charge in [0.1, 0.15) is 11.5 Å². The molecule has 0 radical (unpaired) electrons. The molecule has 0 unspecified atom stereocenters. The number of nitrogens with zero attached hydrogens (tertiary/aromatic N) is 1. The number of ether oxygens (including phenoxy) is 1. The van der Waals surface area contributed by atoms with Gasteiger partial charge in [-0.1, -0.05) is 60.7 Å². The summed E-state index contributed by atoms with van der Waals surface area (Å²) >= 11 is 0. The molecule has 6 nitrogen and oxygen atoms in total. The molecule has 1 aliphatic heterocycles. The van der Waals surface area contributed by atoms with Crippen LogP contribution in [0, 0.1) is 10.1 Å². The first-order valence-electron chi connectivity index (χ1n) is 8.89. The van der Waals surface area contributed by atoms with Crippen LogP contribution in [0.15, 0.2) is 96.6 Å². The van der Waals surface area contributed by atoms with Gasteiger partial charge in [-0.05, 0) is 12.1 Å². The maximum atomic E-state index is 13.7. The van der Waals surface area contributed by atoms with Crippen molar-refractivity contribution < 1.29 is 14.2 Å². The molecule has 7 heteroatoms. The van der Waals surface area contributed by atoms with E-state index in [0.717, 1.165) is 11.1 Å². The second kappa shape index (κ2) is 7.78. The van der Waals surface area contributed by atoms with Gasteiger partial charge in [-0.15, -0.1) is 0 Å². The number of nitro benzene ring substituents is 1. The largest absolute Gasteiger partial charge is 0.456 e. The van der Waals surface area contributed by atoms with Crippen LogP contribution in [0.25, 0.3) is 11.5 Å². The molecule has 3 aromatic carbocycles. The Morgan fingerprint density at radius 3 is 1.69 bits per heavy atom. The summed E-state index contributed by atoms with van der Waals surface area (Å²) in [6.45, 7) is 0. The van der Waals surface area contributed by atoms with Gasteiger partial charge in [0.05, 0.1) is 4.92 Å². The van der Waals surface area contributed by atoms with Gasteiger partial charge in [0.15, 0.2) is 0 Å². The highest BCUT2D eigenvalue weighted by atomic mass is 31.2. The van der Waals surface area contributed by atoms with Crippen molar-refractivity contribution in [1.82, 2.24) is 0 Å². The topological polar surface area (TPSA) is 81.5 Å². The Bertz CT molecular complexity index is 1080. The van der Waals surface area contributed by atoms with E-state index in [1.165, 1.54) is 12.1 Å². The third-order valence-electron chi connectivity index (χ3n) is 4.34. The van der Waals surface area contributed by atoms with Crippen molar-refractivity contribution in [2.24, 2.45) is 0 Å². The second-order valence-corrected chi connectivity index (χ2v) is 8.60. The predicted octanol–water partition coefficient (Wildman–Crippen LogP) is 6.31. The number of rotatable bonds is 5. The van der Waals surface area contributed by atoms with Crippen LogP contribution < -0.4 is 5.09 Å². The minimum Gasteiger partial charge on any atom is -0.456 e. The van der Waals surface area contributed by atoms with E-state index in [-0.39, 0.29) is 5.69 Å². The molecule has 0 aliphatic carbocycles. The van der Waals surface area contributed by atoms with Gasteiger partial charge < -0.3 is 9.82 Å². The number of hydrogen-bond donors (Lipinski definition) is 1. The summed E-state index contributed by atoms with van der Waals surface area (Å²) in [7, 11) is -3.19. The SMILES string of the molecule is O=[N+]([O-])c1ccc(NP2(=O)C=C(c3ccccc3)OC(c3ccccc3)=C2)cc1. The number of hydrogen-bond acceptors (Lipinski definition) is 4. The zero-order valence-corrected chi connectivity index (χ0v) is 16.2. The summed E-state index contributed by atoms with van der Waals surface area (Å²) in [6, 6.07) is 24.7. The monoisotopic (exact) mass is 404 g/mol. The lowest BCUT2D eigenvalue weighted by molar-refractivity contribution is -0.384.